The van der Waals surface area contributed by atoms with Gasteiger partial charge in [0.15, 0.2) is 5.60 Å². The lowest BCUT2D eigenvalue weighted by atomic mass is 9.63. The number of aromatic amines is 1. The summed E-state index contributed by atoms with van der Waals surface area (Å²) >= 11 is 0. The molecule has 1 aromatic carbocycles. The zero-order valence-electron chi connectivity index (χ0n) is 24.0. The molecule has 0 spiro atoms. The third-order valence-electron chi connectivity index (χ3n) is 9.14. The number of imidazole rings is 1. The van der Waals surface area contributed by atoms with E-state index in [1.165, 1.54) is 7.11 Å². The zero-order chi connectivity index (χ0) is 30.5. The van der Waals surface area contributed by atoms with Gasteiger partial charge in [0.05, 0.1) is 33.7 Å². The Morgan fingerprint density at radius 2 is 1.91 bits per heavy atom. The van der Waals surface area contributed by atoms with Crippen molar-refractivity contribution in [3.63, 3.8) is 0 Å². The Balaban J connectivity index is 1.49. The number of halogens is 4. The third kappa shape index (κ3) is 3.64. The highest BCUT2D eigenvalue weighted by molar-refractivity contribution is 5.90. The molecule has 3 aliphatic rings. The number of nitrogens with zero attached hydrogens (tertiary/aromatic N) is 6. The molecule has 1 aliphatic carbocycles. The van der Waals surface area contributed by atoms with Crippen LogP contribution in [0, 0.1) is 0 Å². The van der Waals surface area contributed by atoms with Gasteiger partial charge < -0.3 is 19.7 Å². The highest BCUT2D eigenvalue weighted by Gasteiger charge is 2.57. The van der Waals surface area contributed by atoms with E-state index in [2.05, 4.69) is 19.9 Å². The number of aliphatic hydroxyl groups excluding tert-OH is 1. The number of nitrogens with one attached hydrogen (secondary N) is 1. The number of H-pyrrole nitrogens is 1. The van der Waals surface area contributed by atoms with Crippen LogP contribution in [0.3, 0.4) is 0 Å². The molecule has 43 heavy (non-hydrogen) atoms. The monoisotopic (exact) mass is 595 g/mol. The quantitative estimate of drug-likeness (QED) is 0.324. The third-order valence-corrected chi connectivity index (χ3v) is 9.14. The van der Waals surface area contributed by atoms with Crippen molar-refractivity contribution in [1.29, 1.82) is 0 Å². The molecule has 0 amide bonds. The van der Waals surface area contributed by atoms with Crippen molar-refractivity contribution < 1.29 is 27.4 Å². The molecule has 224 valence electrons. The van der Waals surface area contributed by atoms with Crippen LogP contribution in [-0.4, -0.2) is 48.5 Å². The van der Waals surface area contributed by atoms with Crippen molar-refractivity contribution in [3.05, 3.63) is 87.3 Å². The molecule has 2 atom stereocenters. The lowest BCUT2D eigenvalue weighted by molar-refractivity contribution is -0.138. The maximum atomic E-state index is 17.1. The molecule has 2 aliphatic heterocycles. The molecule has 5 heterocycles. The smallest absolute Gasteiger partial charge is 0.388 e. The summed E-state index contributed by atoms with van der Waals surface area (Å²) in [6.07, 6.45) is -1.82. The van der Waals surface area contributed by atoms with Crippen LogP contribution in [0.25, 0.3) is 11.3 Å². The van der Waals surface area contributed by atoms with E-state index in [0.29, 0.717) is 47.6 Å². The van der Waals surface area contributed by atoms with Crippen molar-refractivity contribution in [2.24, 2.45) is 0 Å². The summed E-state index contributed by atoms with van der Waals surface area (Å²) in [5.41, 5.74) is 2.52. The second kappa shape index (κ2) is 9.20. The Morgan fingerprint density at radius 3 is 2.56 bits per heavy atom. The van der Waals surface area contributed by atoms with E-state index in [-0.39, 0.29) is 24.9 Å². The molecule has 2 unspecified atom stereocenters. The van der Waals surface area contributed by atoms with E-state index >= 15 is 4.39 Å². The predicted molar refractivity (Wildman–Crippen MR) is 148 cm³/mol. The first-order valence-corrected chi connectivity index (χ1v) is 14.0. The number of allylic oxidation sites excluding steroid dienone is 1. The average molecular weight is 596 g/mol. The van der Waals surface area contributed by atoms with Crippen LogP contribution in [-0.2, 0) is 47.9 Å². The van der Waals surface area contributed by atoms with Gasteiger partial charge in [-0.2, -0.15) is 18.3 Å². The fraction of sp³-hybridized carbons (Fsp3) is 0.400. The number of aliphatic hydroxyl groups is 1. The van der Waals surface area contributed by atoms with Crippen molar-refractivity contribution in [1.82, 2.24) is 29.7 Å². The number of benzene rings is 1. The number of fused-ring (bicyclic) bond motifs is 10. The minimum absolute atomic E-state index is 0.163. The topological polar surface area (TPSA) is 105 Å². The summed E-state index contributed by atoms with van der Waals surface area (Å²) in [7, 11) is 1.43. The zero-order valence-corrected chi connectivity index (χ0v) is 24.0. The number of alkyl halides is 3. The van der Waals surface area contributed by atoms with E-state index in [0.717, 1.165) is 34.9 Å². The molecule has 4 aromatic rings. The fourth-order valence-electron chi connectivity index (χ4n) is 6.88. The first kappa shape index (κ1) is 27.7. The summed E-state index contributed by atoms with van der Waals surface area (Å²) in [5, 5.41) is 15.1. The van der Waals surface area contributed by atoms with Crippen molar-refractivity contribution in [2.75, 3.05) is 18.6 Å². The maximum Gasteiger partial charge on any atom is 0.419 e. The Bertz CT molecular complexity index is 1810. The second-order valence-corrected chi connectivity index (χ2v) is 11.4. The van der Waals surface area contributed by atoms with Crippen LogP contribution in [0.15, 0.2) is 36.4 Å². The maximum absolute atomic E-state index is 17.1. The number of rotatable bonds is 4. The van der Waals surface area contributed by atoms with Crippen LogP contribution in [0.2, 0.25) is 0 Å². The van der Waals surface area contributed by atoms with E-state index in [1.54, 1.807) is 6.92 Å². The summed E-state index contributed by atoms with van der Waals surface area (Å²) < 4.78 is 64.3. The number of aryl methyl sites for hydroxylation is 1. The van der Waals surface area contributed by atoms with Gasteiger partial charge in [-0.3, -0.25) is 0 Å². The van der Waals surface area contributed by atoms with Crippen molar-refractivity contribution >= 4 is 11.5 Å². The minimum atomic E-state index is -4.54. The van der Waals surface area contributed by atoms with Gasteiger partial charge in [-0.1, -0.05) is 25.1 Å². The van der Waals surface area contributed by atoms with Crippen molar-refractivity contribution in [2.45, 2.75) is 64.0 Å². The number of ether oxygens (including phenoxy) is 1. The van der Waals surface area contributed by atoms with Gasteiger partial charge in [0.25, 0.3) is 0 Å². The molecule has 0 saturated carbocycles. The van der Waals surface area contributed by atoms with Gasteiger partial charge >= 0.3 is 6.18 Å². The predicted octanol–water partition coefficient (Wildman–Crippen LogP) is 4.90. The van der Waals surface area contributed by atoms with Gasteiger partial charge in [0.2, 0.25) is 5.95 Å². The average Bonchev–Trinajstić information content (AvgIpc) is 3.63. The SMILES string of the molecule is CCc1cccc2c1-n1nc3c(c1C1(C)C2=C(F)C(C)(OC)c2nc(CO)[nH]c21)CN(c1ncc(C(F)(F)F)cn1)CC3. The molecule has 0 radical (unpaired) electrons. The number of anilines is 1. The molecule has 3 aromatic heterocycles. The van der Waals surface area contributed by atoms with Crippen LogP contribution in [0.5, 0.6) is 0 Å². The van der Waals surface area contributed by atoms with Gasteiger partial charge in [-0.25, -0.2) is 24.0 Å². The van der Waals surface area contributed by atoms with Gasteiger partial charge in [-0.15, -0.1) is 0 Å². The normalized spacial score (nSPS) is 22.6. The Kier molecular flexibility index (Phi) is 5.93. The number of aromatic nitrogens is 6. The summed E-state index contributed by atoms with van der Waals surface area (Å²) in [5.74, 6) is -0.0524. The molecule has 0 fully saturated rings. The van der Waals surface area contributed by atoms with Gasteiger partial charge in [0, 0.05) is 55.7 Å². The van der Waals surface area contributed by atoms with Gasteiger partial charge in [-0.05, 0) is 25.8 Å². The lowest BCUT2D eigenvalue weighted by Crippen LogP contribution is -2.44. The highest BCUT2D eigenvalue weighted by atomic mass is 19.4. The van der Waals surface area contributed by atoms with Crippen LogP contribution >= 0.6 is 0 Å². The second-order valence-electron chi connectivity index (χ2n) is 11.4. The van der Waals surface area contributed by atoms with Crippen molar-refractivity contribution in [3.8, 4) is 5.69 Å². The van der Waals surface area contributed by atoms with E-state index in [1.807, 2.05) is 41.6 Å². The van der Waals surface area contributed by atoms with Crippen LogP contribution in [0.4, 0.5) is 23.5 Å². The molecule has 13 heteroatoms. The van der Waals surface area contributed by atoms with E-state index in [4.69, 9.17) is 9.84 Å². The first-order chi connectivity index (χ1) is 20.5. The Morgan fingerprint density at radius 1 is 1.16 bits per heavy atom. The minimum Gasteiger partial charge on any atom is -0.388 e. The molecule has 7 rings (SSSR count). The number of para-hydroxylation sites is 1. The lowest BCUT2D eigenvalue weighted by Gasteiger charge is -2.46. The Hall–Kier alpha value is -4.10. The molecular weight excluding hydrogens is 566 g/mol. The van der Waals surface area contributed by atoms with Crippen LogP contribution in [0.1, 0.15) is 71.6 Å². The number of hydrogen-bond acceptors (Lipinski definition) is 7. The van der Waals surface area contributed by atoms with E-state index < -0.39 is 28.6 Å². The molecule has 9 nitrogen and oxygen atoms in total. The molecular formula is C30H29F4N7O2. The molecule has 0 saturated heterocycles. The fourth-order valence-corrected chi connectivity index (χ4v) is 6.88. The Labute approximate surface area is 244 Å². The summed E-state index contributed by atoms with van der Waals surface area (Å²) in [6, 6.07) is 5.79. The highest BCUT2D eigenvalue weighted by Crippen LogP contribution is 2.60. The standard InChI is InChI=1S/C30H29F4N7O2/c1-5-15-7-6-8-17-21-23(31)29(3,43-4)25-24(37-20(14-42)38-25)28(21,2)26-18-13-40(10-9-19(18)39-41(26)22(15)17)27-35-11-16(12-36-27)30(32,33)34/h6-8,11-12,42H,5,9-10,13-14H2,1-4H3,(H,37,38). The largest absolute Gasteiger partial charge is 0.419 e. The summed E-state index contributed by atoms with van der Waals surface area (Å²) in [6.45, 7) is 5.88. The summed E-state index contributed by atoms with van der Waals surface area (Å²) in [4.78, 5) is 17.7. The van der Waals surface area contributed by atoms with Gasteiger partial charge in [0.1, 0.15) is 24.0 Å². The van der Waals surface area contributed by atoms with E-state index in [9.17, 15) is 18.3 Å². The molecule has 2 N–H and O–H groups in total. The molecule has 0 bridgehead atoms. The van der Waals surface area contributed by atoms with Crippen LogP contribution < -0.4 is 4.90 Å². The number of methoxy groups -OCH3 is 1. The first-order valence-electron chi connectivity index (χ1n) is 14.0. The number of hydrogen-bond donors (Lipinski definition) is 2.